The number of nitrogens with one attached hydrogen (secondary N) is 1. The Morgan fingerprint density at radius 2 is 1.90 bits per heavy atom. The molecule has 10 nitrogen and oxygen atoms in total. The summed E-state index contributed by atoms with van der Waals surface area (Å²) in [6.07, 6.45) is 2.69. The summed E-state index contributed by atoms with van der Waals surface area (Å²) in [5.74, 6) is 2.37. The highest BCUT2D eigenvalue weighted by atomic mass is 19.3. The van der Waals surface area contributed by atoms with Gasteiger partial charge in [-0.1, -0.05) is 20.8 Å². The third-order valence-electron chi connectivity index (χ3n) is 7.21. The quantitative estimate of drug-likeness (QED) is 0.286. The van der Waals surface area contributed by atoms with Crippen molar-refractivity contribution >= 4 is 28.7 Å². The summed E-state index contributed by atoms with van der Waals surface area (Å²) in [6, 6.07) is 7.51. The molecule has 0 radical (unpaired) electrons. The van der Waals surface area contributed by atoms with E-state index in [2.05, 4.69) is 45.7 Å². The maximum Gasteiger partial charge on any atom is 0.251 e. The summed E-state index contributed by atoms with van der Waals surface area (Å²) in [5, 5.41) is 8.26. The van der Waals surface area contributed by atoms with Gasteiger partial charge in [0, 0.05) is 62.1 Å². The average Bonchev–Trinajstić information content (AvgIpc) is 3.46. The number of likely N-dealkylation sites (tertiary alicyclic amines) is 1. The number of alkyl halides is 2. The monoisotopic (exact) mass is 566 g/mol. The predicted octanol–water partition coefficient (Wildman–Crippen LogP) is 5.43. The fourth-order valence-corrected chi connectivity index (χ4v) is 5.18. The van der Waals surface area contributed by atoms with Crippen LogP contribution < -0.4 is 10.1 Å². The zero-order chi connectivity index (χ0) is 29.3. The molecule has 1 N–H and O–H groups in total. The Morgan fingerprint density at radius 1 is 1.15 bits per heavy atom. The standard InChI is InChI=1S/C29H36F2N8O2/c1-18(40)12-19-13-21(6-9-32-19)41-22-14-23-27(33-16-22)35-28(37(23)5)34-26-15-24(29(2,3)4)39(36-26)20-7-10-38(11-8-20)17-25(30)31/h6,9,13-16,20,25H,7-8,10-12,17H2,1-5H3,(H,33,34,35,36). The van der Waals surface area contributed by atoms with Gasteiger partial charge < -0.3 is 14.6 Å². The molecule has 5 heterocycles. The lowest BCUT2D eigenvalue weighted by Gasteiger charge is -2.34. The third kappa shape index (κ3) is 6.70. The van der Waals surface area contributed by atoms with Gasteiger partial charge in [-0.3, -0.25) is 19.4 Å². The van der Waals surface area contributed by atoms with Gasteiger partial charge in [0.05, 0.1) is 30.0 Å². The lowest BCUT2D eigenvalue weighted by Crippen LogP contribution is -2.38. The fourth-order valence-electron chi connectivity index (χ4n) is 5.18. The van der Waals surface area contributed by atoms with Crippen LogP contribution in [0.3, 0.4) is 0 Å². The Kier molecular flexibility index (Phi) is 8.03. The lowest BCUT2D eigenvalue weighted by atomic mass is 9.91. The number of piperidine rings is 1. The van der Waals surface area contributed by atoms with Gasteiger partial charge in [0.25, 0.3) is 6.43 Å². The van der Waals surface area contributed by atoms with Gasteiger partial charge in [0.1, 0.15) is 17.3 Å². The van der Waals surface area contributed by atoms with Crippen LogP contribution in [0.5, 0.6) is 11.5 Å². The number of hydrogen-bond acceptors (Lipinski definition) is 8. The van der Waals surface area contributed by atoms with E-state index in [1.54, 1.807) is 24.5 Å². The number of carbonyl (C=O) groups excluding carboxylic acids is 1. The minimum absolute atomic E-state index is 0.0300. The van der Waals surface area contributed by atoms with E-state index >= 15 is 0 Å². The SMILES string of the molecule is CC(=O)Cc1cc(Oc2cnc3nc(Nc4cc(C(C)(C)C)n(C5CCN(CC(F)F)CC5)n4)n(C)c3c2)ccn1. The van der Waals surface area contributed by atoms with E-state index in [1.165, 1.54) is 6.92 Å². The van der Waals surface area contributed by atoms with Crippen LogP contribution in [0.2, 0.25) is 0 Å². The van der Waals surface area contributed by atoms with Crippen molar-refractivity contribution in [2.75, 3.05) is 25.0 Å². The zero-order valence-corrected chi connectivity index (χ0v) is 24.1. The number of carbonyl (C=O) groups is 1. The van der Waals surface area contributed by atoms with Gasteiger partial charge >= 0.3 is 0 Å². The number of nitrogens with zero attached hydrogens (tertiary/aromatic N) is 7. The van der Waals surface area contributed by atoms with E-state index in [4.69, 9.17) is 9.84 Å². The second-order valence-corrected chi connectivity index (χ2v) is 11.6. The van der Waals surface area contributed by atoms with Crippen LogP contribution in [0.15, 0.2) is 36.7 Å². The summed E-state index contributed by atoms with van der Waals surface area (Å²) in [4.78, 5) is 26.6. The molecule has 4 aromatic rings. The van der Waals surface area contributed by atoms with Gasteiger partial charge in [-0.2, -0.15) is 10.1 Å². The fraction of sp³-hybridized carbons (Fsp3) is 0.483. The molecule has 0 unspecified atom stereocenters. The summed E-state index contributed by atoms with van der Waals surface area (Å²) >= 11 is 0. The smallest absolute Gasteiger partial charge is 0.251 e. The Bertz CT molecular complexity index is 1530. The van der Waals surface area contributed by atoms with E-state index in [9.17, 15) is 13.6 Å². The minimum Gasteiger partial charge on any atom is -0.456 e. The molecule has 5 rings (SSSR count). The summed E-state index contributed by atoms with van der Waals surface area (Å²) in [5.41, 5.74) is 2.87. The highest BCUT2D eigenvalue weighted by molar-refractivity contribution is 5.78. The first-order valence-corrected chi connectivity index (χ1v) is 13.8. The number of halogens is 2. The summed E-state index contributed by atoms with van der Waals surface area (Å²) in [7, 11) is 1.89. The number of Topliss-reactive ketones (excluding diaryl/α,β-unsaturated/α-hetero) is 1. The molecule has 218 valence electrons. The van der Waals surface area contributed by atoms with E-state index in [1.807, 2.05) is 28.6 Å². The second kappa shape index (κ2) is 11.5. The number of aromatic nitrogens is 6. The van der Waals surface area contributed by atoms with Gasteiger partial charge in [-0.05, 0) is 25.8 Å². The number of ketones is 1. The molecule has 0 aromatic carbocycles. The van der Waals surface area contributed by atoms with Crippen molar-refractivity contribution in [3.8, 4) is 11.5 Å². The van der Waals surface area contributed by atoms with Crippen molar-refractivity contribution in [1.29, 1.82) is 0 Å². The van der Waals surface area contributed by atoms with Crippen molar-refractivity contribution in [2.45, 2.75) is 64.8 Å². The molecule has 0 bridgehead atoms. The topological polar surface area (TPSA) is 103 Å². The third-order valence-corrected chi connectivity index (χ3v) is 7.21. The van der Waals surface area contributed by atoms with Crippen molar-refractivity contribution in [2.24, 2.45) is 7.05 Å². The van der Waals surface area contributed by atoms with Crippen molar-refractivity contribution in [3.05, 3.63) is 48.0 Å². The molecule has 0 saturated carbocycles. The van der Waals surface area contributed by atoms with Crippen LogP contribution in [0, 0.1) is 0 Å². The lowest BCUT2D eigenvalue weighted by molar-refractivity contribution is -0.116. The number of hydrogen-bond donors (Lipinski definition) is 1. The summed E-state index contributed by atoms with van der Waals surface area (Å²) in [6.45, 7) is 9.02. The number of rotatable bonds is 9. The van der Waals surface area contributed by atoms with Crippen molar-refractivity contribution in [1.82, 2.24) is 34.2 Å². The molecule has 1 aliphatic rings. The maximum atomic E-state index is 12.9. The van der Waals surface area contributed by atoms with E-state index in [0.717, 1.165) is 24.1 Å². The Balaban J connectivity index is 1.35. The van der Waals surface area contributed by atoms with Crippen LogP contribution in [0.1, 0.15) is 58.0 Å². The maximum absolute atomic E-state index is 12.9. The van der Waals surface area contributed by atoms with Gasteiger partial charge in [-0.25, -0.2) is 13.8 Å². The normalized spacial score (nSPS) is 15.1. The summed E-state index contributed by atoms with van der Waals surface area (Å²) < 4.78 is 35.7. The Morgan fingerprint density at radius 3 is 2.59 bits per heavy atom. The molecule has 4 aromatic heterocycles. The molecule has 0 aliphatic carbocycles. The zero-order valence-electron chi connectivity index (χ0n) is 24.1. The van der Waals surface area contributed by atoms with Gasteiger partial charge in [0.15, 0.2) is 11.5 Å². The van der Waals surface area contributed by atoms with Crippen molar-refractivity contribution in [3.63, 3.8) is 0 Å². The number of pyridine rings is 2. The van der Waals surface area contributed by atoms with Crippen LogP contribution >= 0.6 is 0 Å². The number of fused-ring (bicyclic) bond motifs is 1. The van der Waals surface area contributed by atoms with E-state index < -0.39 is 6.43 Å². The Hall–Kier alpha value is -3.93. The molecule has 41 heavy (non-hydrogen) atoms. The molecule has 12 heteroatoms. The Labute approximate surface area is 237 Å². The molecule has 0 amide bonds. The van der Waals surface area contributed by atoms with Gasteiger partial charge in [-0.15, -0.1) is 0 Å². The number of anilines is 2. The first kappa shape index (κ1) is 28.6. The van der Waals surface area contributed by atoms with Crippen LogP contribution in [0.25, 0.3) is 11.2 Å². The number of imidazole rings is 1. The number of ether oxygens (including phenoxy) is 1. The average molecular weight is 567 g/mol. The highest BCUT2D eigenvalue weighted by Crippen LogP contribution is 2.33. The van der Waals surface area contributed by atoms with Crippen LogP contribution in [0.4, 0.5) is 20.5 Å². The molecular formula is C29H36F2N8O2. The first-order chi connectivity index (χ1) is 19.5. The number of aryl methyl sites for hydroxylation is 1. The highest BCUT2D eigenvalue weighted by Gasteiger charge is 2.29. The van der Waals surface area contributed by atoms with Gasteiger partial charge in [0.2, 0.25) is 5.95 Å². The molecule has 0 spiro atoms. The van der Waals surface area contributed by atoms with Crippen molar-refractivity contribution < 1.29 is 18.3 Å². The molecule has 1 aliphatic heterocycles. The predicted molar refractivity (Wildman–Crippen MR) is 152 cm³/mol. The second-order valence-electron chi connectivity index (χ2n) is 11.6. The molecule has 1 saturated heterocycles. The first-order valence-electron chi connectivity index (χ1n) is 13.8. The minimum atomic E-state index is -2.32. The molecule has 1 fully saturated rings. The van der Waals surface area contributed by atoms with Crippen LogP contribution in [-0.2, 0) is 23.7 Å². The van der Waals surface area contributed by atoms with E-state index in [0.29, 0.717) is 47.7 Å². The molecule has 0 atom stereocenters. The van der Waals surface area contributed by atoms with Crippen LogP contribution in [-0.4, -0.2) is 66.0 Å². The van der Waals surface area contributed by atoms with E-state index in [-0.39, 0.29) is 30.2 Å². The molecular weight excluding hydrogens is 530 g/mol. The largest absolute Gasteiger partial charge is 0.456 e.